The Hall–Kier alpha value is -0.550. The largest absolute Gasteiger partial charge is 0.346 e. The van der Waals surface area contributed by atoms with Crippen molar-refractivity contribution in [3.8, 4) is 0 Å². The van der Waals surface area contributed by atoms with Gasteiger partial charge in [0.25, 0.3) is 0 Å². The maximum absolute atomic E-state index is 11.7. The summed E-state index contributed by atoms with van der Waals surface area (Å²) in [5, 5.41) is -0.670. The molecule has 1 heterocycles. The summed E-state index contributed by atoms with van der Waals surface area (Å²) in [5.41, 5.74) is 0.852. The second-order valence-electron chi connectivity index (χ2n) is 2.37. The number of hydrogen-bond donors (Lipinski definition) is 0. The highest BCUT2D eigenvalue weighted by Crippen LogP contribution is 2.13. The Morgan fingerprint density at radius 2 is 2.31 bits per heavy atom. The van der Waals surface area contributed by atoms with Crippen LogP contribution in [0.3, 0.4) is 0 Å². The van der Waals surface area contributed by atoms with E-state index in [-0.39, 0.29) is 0 Å². The van der Waals surface area contributed by atoms with E-state index >= 15 is 0 Å². The summed E-state index contributed by atoms with van der Waals surface area (Å²) in [6, 6.07) is 3.55. The van der Waals surface area contributed by atoms with Crippen molar-refractivity contribution in [3.05, 3.63) is 30.1 Å². The van der Waals surface area contributed by atoms with Crippen LogP contribution in [0.25, 0.3) is 0 Å². The van der Waals surface area contributed by atoms with Crippen molar-refractivity contribution in [2.75, 3.05) is 0 Å². The highest BCUT2D eigenvalue weighted by molar-refractivity contribution is 9.09. The molecule has 0 spiro atoms. The van der Waals surface area contributed by atoms with Crippen LogP contribution >= 0.6 is 15.9 Å². The van der Waals surface area contributed by atoms with E-state index in [0.717, 1.165) is 5.56 Å². The second kappa shape index (κ2) is 5.24. The standard InChI is InChI=1S/C8H8BrF2NO/c9-7(13-8(10)11)4-6-2-1-3-12-5-6/h1-3,5,7-8H,4H2. The molecule has 0 aromatic carbocycles. The van der Waals surface area contributed by atoms with Crippen molar-refractivity contribution in [1.29, 1.82) is 0 Å². The molecule has 1 aromatic heterocycles. The van der Waals surface area contributed by atoms with Crippen molar-refractivity contribution in [2.24, 2.45) is 0 Å². The summed E-state index contributed by atoms with van der Waals surface area (Å²) in [6.07, 6.45) is 3.61. The third-order valence-electron chi connectivity index (χ3n) is 1.37. The maximum atomic E-state index is 11.7. The number of pyridine rings is 1. The Balaban J connectivity index is 2.41. The lowest BCUT2D eigenvalue weighted by atomic mass is 10.2. The number of hydrogen-bond acceptors (Lipinski definition) is 2. The van der Waals surface area contributed by atoms with Crippen LogP contribution in [0.15, 0.2) is 24.5 Å². The molecule has 0 aliphatic carbocycles. The van der Waals surface area contributed by atoms with E-state index in [1.807, 2.05) is 0 Å². The van der Waals surface area contributed by atoms with Crippen molar-refractivity contribution in [1.82, 2.24) is 4.98 Å². The molecule has 1 unspecified atom stereocenters. The molecule has 0 radical (unpaired) electrons. The molecule has 0 N–H and O–H groups in total. The van der Waals surface area contributed by atoms with Gasteiger partial charge in [-0.25, -0.2) is 0 Å². The van der Waals surface area contributed by atoms with Crippen LogP contribution in [0.5, 0.6) is 0 Å². The summed E-state index contributed by atoms with van der Waals surface area (Å²) in [5.74, 6) is 0. The number of alkyl halides is 3. The van der Waals surface area contributed by atoms with Crippen LogP contribution in [-0.4, -0.2) is 16.6 Å². The van der Waals surface area contributed by atoms with E-state index in [4.69, 9.17) is 0 Å². The van der Waals surface area contributed by atoms with Gasteiger partial charge in [0, 0.05) is 18.8 Å². The molecule has 0 fully saturated rings. The van der Waals surface area contributed by atoms with E-state index in [2.05, 4.69) is 25.7 Å². The number of rotatable bonds is 4. The fraction of sp³-hybridized carbons (Fsp3) is 0.375. The number of halogens is 3. The first-order valence-corrected chi connectivity index (χ1v) is 4.56. The van der Waals surface area contributed by atoms with Gasteiger partial charge in [-0.05, 0) is 11.6 Å². The third-order valence-corrected chi connectivity index (χ3v) is 1.91. The van der Waals surface area contributed by atoms with Crippen LogP contribution in [-0.2, 0) is 11.2 Å². The molecular weight excluding hydrogens is 244 g/mol. The zero-order chi connectivity index (χ0) is 9.68. The van der Waals surface area contributed by atoms with Gasteiger partial charge in [0.1, 0.15) is 5.01 Å². The van der Waals surface area contributed by atoms with Gasteiger partial charge in [0.15, 0.2) is 0 Å². The van der Waals surface area contributed by atoms with E-state index < -0.39 is 11.6 Å². The molecule has 0 saturated heterocycles. The summed E-state index contributed by atoms with van der Waals surface area (Å²) in [7, 11) is 0. The zero-order valence-corrected chi connectivity index (χ0v) is 8.25. The molecule has 0 aliphatic rings. The minimum Gasteiger partial charge on any atom is -0.308 e. The van der Waals surface area contributed by atoms with Gasteiger partial charge in [-0.3, -0.25) is 4.98 Å². The number of aromatic nitrogens is 1. The smallest absolute Gasteiger partial charge is 0.308 e. The number of nitrogens with zero attached hydrogens (tertiary/aromatic N) is 1. The number of ether oxygens (including phenoxy) is 1. The molecule has 2 nitrogen and oxygen atoms in total. The molecule has 1 atom stereocenters. The summed E-state index contributed by atoms with van der Waals surface area (Å²) in [4.78, 5) is 3.85. The highest BCUT2D eigenvalue weighted by Gasteiger charge is 2.11. The quantitative estimate of drug-likeness (QED) is 0.768. The van der Waals surface area contributed by atoms with Crippen LogP contribution in [0.1, 0.15) is 5.56 Å². The molecule has 0 amide bonds. The van der Waals surface area contributed by atoms with Gasteiger partial charge in [-0.15, -0.1) is 0 Å². The normalized spacial score (nSPS) is 13.2. The maximum Gasteiger partial charge on any atom is 0.346 e. The van der Waals surface area contributed by atoms with Gasteiger partial charge in [-0.2, -0.15) is 8.78 Å². The molecule has 1 rings (SSSR count). The molecule has 13 heavy (non-hydrogen) atoms. The van der Waals surface area contributed by atoms with Crippen LogP contribution in [0.4, 0.5) is 8.78 Å². The Morgan fingerprint density at radius 3 is 2.85 bits per heavy atom. The molecule has 1 aromatic rings. The minimum absolute atomic E-state index is 0.373. The first kappa shape index (κ1) is 10.5. The second-order valence-corrected chi connectivity index (χ2v) is 3.39. The molecule has 5 heteroatoms. The Labute approximate surface area is 83.1 Å². The average molecular weight is 252 g/mol. The fourth-order valence-electron chi connectivity index (χ4n) is 0.864. The molecule has 0 aliphatic heterocycles. The third kappa shape index (κ3) is 4.28. The van der Waals surface area contributed by atoms with Gasteiger partial charge in [-0.1, -0.05) is 22.0 Å². The van der Waals surface area contributed by atoms with E-state index in [9.17, 15) is 8.78 Å². The van der Waals surface area contributed by atoms with Crippen molar-refractivity contribution >= 4 is 15.9 Å². The first-order chi connectivity index (χ1) is 6.18. The Bertz CT molecular complexity index is 245. The summed E-state index contributed by atoms with van der Waals surface area (Å²) in [6.45, 7) is -2.75. The van der Waals surface area contributed by atoms with E-state index in [1.165, 1.54) is 0 Å². The lowest BCUT2D eigenvalue weighted by Gasteiger charge is -2.09. The molecule has 72 valence electrons. The summed E-state index contributed by atoms with van der Waals surface area (Å²) < 4.78 is 27.6. The molecule has 0 bridgehead atoms. The van der Waals surface area contributed by atoms with Crippen LogP contribution in [0.2, 0.25) is 0 Å². The predicted molar refractivity (Wildman–Crippen MR) is 47.7 cm³/mol. The molecular formula is C8H8BrF2NO. The van der Waals surface area contributed by atoms with Gasteiger partial charge in [0.2, 0.25) is 0 Å². The topological polar surface area (TPSA) is 22.1 Å². The van der Waals surface area contributed by atoms with Crippen molar-refractivity contribution in [3.63, 3.8) is 0 Å². The highest BCUT2D eigenvalue weighted by atomic mass is 79.9. The average Bonchev–Trinajstić information content (AvgIpc) is 2.04. The molecule has 0 saturated carbocycles. The Kier molecular flexibility index (Phi) is 4.24. The van der Waals surface area contributed by atoms with Gasteiger partial charge in [0.05, 0.1) is 0 Å². The monoisotopic (exact) mass is 251 g/mol. The van der Waals surface area contributed by atoms with Gasteiger partial charge < -0.3 is 4.74 Å². The minimum atomic E-state index is -2.75. The lowest BCUT2D eigenvalue weighted by molar-refractivity contribution is -0.136. The predicted octanol–water partition coefficient (Wildman–Crippen LogP) is 2.58. The fourth-order valence-corrected chi connectivity index (χ4v) is 1.40. The van der Waals surface area contributed by atoms with Crippen molar-refractivity contribution in [2.45, 2.75) is 18.0 Å². The summed E-state index contributed by atoms with van der Waals surface area (Å²) >= 11 is 2.99. The Morgan fingerprint density at radius 1 is 1.54 bits per heavy atom. The lowest BCUT2D eigenvalue weighted by Crippen LogP contribution is -2.12. The first-order valence-electron chi connectivity index (χ1n) is 3.65. The van der Waals surface area contributed by atoms with Crippen LogP contribution < -0.4 is 0 Å². The van der Waals surface area contributed by atoms with Crippen molar-refractivity contribution < 1.29 is 13.5 Å². The van der Waals surface area contributed by atoms with E-state index in [1.54, 1.807) is 24.5 Å². The zero-order valence-electron chi connectivity index (χ0n) is 6.66. The van der Waals surface area contributed by atoms with Gasteiger partial charge >= 0.3 is 6.61 Å². The van der Waals surface area contributed by atoms with Crippen LogP contribution in [0, 0.1) is 0 Å². The SMILES string of the molecule is FC(F)OC(Br)Cc1cccnc1. The van der Waals surface area contributed by atoms with E-state index in [0.29, 0.717) is 6.42 Å².